The molecule has 0 aromatic heterocycles. The number of nitrogens with zero attached hydrogens (tertiary/aromatic N) is 2. The Morgan fingerprint density at radius 2 is 2.05 bits per heavy atom. The van der Waals surface area contributed by atoms with Gasteiger partial charge in [0.05, 0.1) is 4.92 Å². The van der Waals surface area contributed by atoms with Gasteiger partial charge in [0.2, 0.25) is 0 Å². The van der Waals surface area contributed by atoms with E-state index in [1.165, 1.54) is 30.0 Å². The summed E-state index contributed by atoms with van der Waals surface area (Å²) in [5.41, 5.74) is -0.243. The maximum Gasteiger partial charge on any atom is 0.287 e. The fraction of sp³-hybridized carbons (Fsp3) is 0.0714. The number of thioether (sulfide) groups is 1. The minimum absolute atomic E-state index is 0.0193. The lowest BCUT2D eigenvalue weighted by Gasteiger charge is -2.09. The van der Waals surface area contributed by atoms with Gasteiger partial charge in [-0.3, -0.25) is 10.1 Å². The van der Waals surface area contributed by atoms with Gasteiger partial charge in [-0.05, 0) is 24.5 Å². The van der Waals surface area contributed by atoms with E-state index in [1.807, 2.05) is 24.5 Å². The van der Waals surface area contributed by atoms with Gasteiger partial charge >= 0.3 is 0 Å². The van der Waals surface area contributed by atoms with Crippen LogP contribution in [-0.4, -0.2) is 11.2 Å². The van der Waals surface area contributed by atoms with Crippen LogP contribution in [0.3, 0.4) is 0 Å². The first-order chi connectivity index (χ1) is 9.65. The summed E-state index contributed by atoms with van der Waals surface area (Å²) < 4.78 is 5.68. The zero-order valence-electron chi connectivity index (χ0n) is 10.6. The van der Waals surface area contributed by atoms with Crippen LogP contribution < -0.4 is 4.74 Å². The van der Waals surface area contributed by atoms with Crippen molar-refractivity contribution in [3.63, 3.8) is 0 Å². The molecule has 0 amide bonds. The smallest absolute Gasteiger partial charge is 0.287 e. The van der Waals surface area contributed by atoms with Crippen molar-refractivity contribution in [2.24, 2.45) is 0 Å². The number of ether oxygens (including phenoxy) is 1. The molecule has 0 fully saturated rings. The lowest BCUT2D eigenvalue weighted by atomic mass is 10.2. The first kappa shape index (κ1) is 13.9. The number of benzene rings is 2. The average Bonchev–Trinajstić information content (AvgIpc) is 2.47. The summed E-state index contributed by atoms with van der Waals surface area (Å²) in [7, 11) is 0. The van der Waals surface area contributed by atoms with E-state index in [0.29, 0.717) is 11.5 Å². The first-order valence-corrected chi connectivity index (χ1v) is 6.87. The van der Waals surface area contributed by atoms with Crippen molar-refractivity contribution >= 4 is 17.4 Å². The number of nitro benzene ring substituents is 1. The maximum absolute atomic E-state index is 10.8. The molecule has 0 atom stereocenters. The molecule has 2 rings (SSSR count). The molecule has 20 heavy (non-hydrogen) atoms. The Morgan fingerprint density at radius 3 is 2.70 bits per heavy atom. The van der Waals surface area contributed by atoms with Gasteiger partial charge in [-0.15, -0.1) is 11.8 Å². The second-order valence-corrected chi connectivity index (χ2v) is 4.65. The molecule has 100 valence electrons. The van der Waals surface area contributed by atoms with Crippen molar-refractivity contribution < 1.29 is 9.66 Å². The topological polar surface area (TPSA) is 76.2 Å². The molecule has 0 heterocycles. The van der Waals surface area contributed by atoms with Gasteiger partial charge in [-0.25, -0.2) is 0 Å². The van der Waals surface area contributed by atoms with Crippen molar-refractivity contribution in [1.82, 2.24) is 0 Å². The highest BCUT2D eigenvalue weighted by Gasteiger charge is 2.15. The third kappa shape index (κ3) is 2.90. The van der Waals surface area contributed by atoms with Crippen molar-refractivity contribution in [3.05, 3.63) is 58.1 Å². The van der Waals surface area contributed by atoms with Crippen molar-refractivity contribution in [1.29, 1.82) is 5.26 Å². The molecule has 0 saturated carbocycles. The van der Waals surface area contributed by atoms with Crippen LogP contribution in [0, 0.1) is 21.4 Å². The van der Waals surface area contributed by atoms with Crippen LogP contribution >= 0.6 is 11.8 Å². The average molecular weight is 286 g/mol. The van der Waals surface area contributed by atoms with Crippen molar-refractivity contribution in [3.8, 4) is 17.6 Å². The molecule has 5 nitrogen and oxygen atoms in total. The number of hydrogen-bond acceptors (Lipinski definition) is 5. The first-order valence-electron chi connectivity index (χ1n) is 5.65. The minimum Gasteiger partial charge on any atom is -0.456 e. The van der Waals surface area contributed by atoms with E-state index in [9.17, 15) is 10.1 Å². The second-order valence-electron chi connectivity index (χ2n) is 3.80. The summed E-state index contributed by atoms with van der Waals surface area (Å²) in [6.45, 7) is 0. The standard InChI is InChI=1S/C14H10N2O3S/c1-20-14-5-3-2-4-13(14)19-11-6-7-12(16(17)18)10(8-11)9-15/h2-8H,1H3. The SMILES string of the molecule is CSc1ccccc1Oc1ccc([N+](=O)[O-])c(C#N)c1. The quantitative estimate of drug-likeness (QED) is 0.482. The zero-order valence-corrected chi connectivity index (χ0v) is 11.4. The summed E-state index contributed by atoms with van der Waals surface area (Å²) >= 11 is 1.53. The molecule has 0 aliphatic carbocycles. The lowest BCUT2D eigenvalue weighted by Crippen LogP contribution is -1.93. The number of nitro groups is 1. The van der Waals surface area contributed by atoms with Crippen LogP contribution in [0.15, 0.2) is 47.4 Å². The van der Waals surface area contributed by atoms with Crippen molar-refractivity contribution in [2.75, 3.05) is 6.26 Å². The molecule has 0 N–H and O–H groups in total. The molecule has 0 radical (unpaired) electrons. The van der Waals surface area contributed by atoms with E-state index in [2.05, 4.69) is 0 Å². The fourth-order valence-electron chi connectivity index (χ4n) is 1.66. The molecule has 0 bridgehead atoms. The van der Waals surface area contributed by atoms with Gasteiger partial charge < -0.3 is 4.74 Å². The molecule has 0 saturated heterocycles. The van der Waals surface area contributed by atoms with Gasteiger partial charge in [-0.2, -0.15) is 5.26 Å². The van der Waals surface area contributed by atoms with Gasteiger partial charge in [0.1, 0.15) is 23.1 Å². The highest BCUT2D eigenvalue weighted by molar-refractivity contribution is 7.98. The van der Waals surface area contributed by atoms with E-state index in [4.69, 9.17) is 10.00 Å². The Bertz CT molecular complexity index is 695. The molecule has 6 heteroatoms. The Kier molecular flexibility index (Phi) is 4.23. The van der Waals surface area contributed by atoms with Crippen LogP contribution in [-0.2, 0) is 0 Å². The highest BCUT2D eigenvalue weighted by atomic mass is 32.2. The van der Waals surface area contributed by atoms with Gasteiger partial charge in [0, 0.05) is 17.0 Å². The van der Waals surface area contributed by atoms with Gasteiger partial charge in [0.25, 0.3) is 5.69 Å². The summed E-state index contributed by atoms with van der Waals surface area (Å²) in [5, 5.41) is 19.7. The molecule has 0 spiro atoms. The van der Waals surface area contributed by atoms with Crippen LogP contribution in [0.1, 0.15) is 5.56 Å². The van der Waals surface area contributed by atoms with Crippen LogP contribution in [0.2, 0.25) is 0 Å². The van der Waals surface area contributed by atoms with Crippen LogP contribution in [0.25, 0.3) is 0 Å². The minimum atomic E-state index is -0.585. The Balaban J connectivity index is 2.35. The molecule has 2 aromatic rings. The van der Waals surface area contributed by atoms with E-state index in [1.54, 1.807) is 12.1 Å². The summed E-state index contributed by atoms with van der Waals surface area (Å²) in [6, 6.07) is 13.4. The number of hydrogen-bond donors (Lipinski definition) is 0. The highest BCUT2D eigenvalue weighted by Crippen LogP contribution is 2.32. The molecule has 2 aromatic carbocycles. The predicted molar refractivity (Wildman–Crippen MR) is 76.1 cm³/mol. The molecule has 0 unspecified atom stereocenters. The molecular formula is C14H10N2O3S. The number of para-hydroxylation sites is 1. The lowest BCUT2D eigenvalue weighted by molar-refractivity contribution is -0.385. The molecule has 0 aliphatic rings. The monoisotopic (exact) mass is 286 g/mol. The largest absolute Gasteiger partial charge is 0.456 e. The number of nitriles is 1. The third-order valence-electron chi connectivity index (χ3n) is 2.58. The normalized spacial score (nSPS) is 9.80. The van der Waals surface area contributed by atoms with Crippen molar-refractivity contribution in [2.45, 2.75) is 4.90 Å². The Labute approximate surface area is 120 Å². The van der Waals surface area contributed by atoms with E-state index in [-0.39, 0.29) is 11.3 Å². The number of rotatable bonds is 4. The molecule has 0 aliphatic heterocycles. The Hall–Kier alpha value is -2.52. The summed E-state index contributed by atoms with van der Waals surface area (Å²) in [4.78, 5) is 11.1. The van der Waals surface area contributed by atoms with E-state index >= 15 is 0 Å². The zero-order chi connectivity index (χ0) is 14.5. The second kappa shape index (κ2) is 6.08. The van der Waals surface area contributed by atoms with Gasteiger partial charge in [-0.1, -0.05) is 12.1 Å². The van der Waals surface area contributed by atoms with E-state index in [0.717, 1.165) is 4.90 Å². The maximum atomic E-state index is 10.8. The fourth-order valence-corrected chi connectivity index (χ4v) is 2.18. The van der Waals surface area contributed by atoms with Gasteiger partial charge in [0.15, 0.2) is 0 Å². The summed E-state index contributed by atoms with van der Waals surface area (Å²) in [5.74, 6) is 1.05. The third-order valence-corrected chi connectivity index (χ3v) is 3.36. The van der Waals surface area contributed by atoms with Crippen LogP contribution in [0.5, 0.6) is 11.5 Å². The van der Waals surface area contributed by atoms with Crippen LogP contribution in [0.4, 0.5) is 5.69 Å². The molecular weight excluding hydrogens is 276 g/mol. The predicted octanol–water partition coefficient (Wildman–Crippen LogP) is 3.98. The Morgan fingerprint density at radius 1 is 1.30 bits per heavy atom. The summed E-state index contributed by atoms with van der Waals surface area (Å²) in [6.07, 6.45) is 1.93. The van der Waals surface area contributed by atoms with E-state index < -0.39 is 4.92 Å².